The van der Waals surface area contributed by atoms with Crippen LogP contribution in [0.5, 0.6) is 0 Å². The molecule has 1 atom stereocenters. The molecular formula is C22H36Na2O8S. The molecule has 0 aromatic rings. The van der Waals surface area contributed by atoms with Crippen molar-refractivity contribution in [3.05, 3.63) is 12.2 Å². The number of hydrogen-bond acceptors (Lipinski definition) is 7. The van der Waals surface area contributed by atoms with Crippen molar-refractivity contribution in [3.63, 3.8) is 0 Å². The minimum atomic E-state index is -5.53. The van der Waals surface area contributed by atoms with E-state index in [4.69, 9.17) is 0 Å². The van der Waals surface area contributed by atoms with E-state index in [0.717, 1.165) is 32.1 Å². The van der Waals surface area contributed by atoms with Gasteiger partial charge in [0.1, 0.15) is 0 Å². The number of carboxylic acids is 2. The Labute approximate surface area is 242 Å². The van der Waals surface area contributed by atoms with Gasteiger partial charge in [-0.15, -0.1) is 0 Å². The average molecular weight is 507 g/mol. The standard InChI is InChI=1S/C22H38O8S.2Na/c1-2-3-4-5-6-7-8-9-10-11-12-13-14-15-16-17-19(23)22(21(26)27,18-20(24)25)31(28,29)30;;/h9-10H,2-8,11-18H2,1H3,(H,24,25)(H,26,27)(H,28,29,30);;/q;2*+1/p-2/b10-9-;;. The molecule has 8 nitrogen and oxygen atoms in total. The predicted molar refractivity (Wildman–Crippen MR) is 113 cm³/mol. The van der Waals surface area contributed by atoms with Crippen LogP contribution >= 0.6 is 0 Å². The van der Waals surface area contributed by atoms with Crippen molar-refractivity contribution in [2.45, 2.75) is 108 Å². The molecule has 0 spiro atoms. The van der Waals surface area contributed by atoms with E-state index in [9.17, 15) is 37.6 Å². The molecule has 0 amide bonds. The van der Waals surface area contributed by atoms with E-state index in [1.54, 1.807) is 0 Å². The monoisotopic (exact) mass is 506 g/mol. The molecule has 180 valence electrons. The second kappa shape index (κ2) is 21.5. The van der Waals surface area contributed by atoms with Crippen LogP contribution in [0.2, 0.25) is 0 Å². The summed E-state index contributed by atoms with van der Waals surface area (Å²) >= 11 is 0. The van der Waals surface area contributed by atoms with E-state index in [0.29, 0.717) is 6.42 Å². The fourth-order valence-corrected chi connectivity index (χ4v) is 4.29. The van der Waals surface area contributed by atoms with Gasteiger partial charge in [-0.05, 0) is 32.1 Å². The summed E-state index contributed by atoms with van der Waals surface area (Å²) in [7, 11) is -5.53. The number of carboxylic acid groups (broad SMARTS) is 2. The summed E-state index contributed by atoms with van der Waals surface area (Å²) in [4.78, 5) is 34.1. The van der Waals surface area contributed by atoms with Crippen LogP contribution in [-0.4, -0.2) is 35.4 Å². The molecule has 0 aliphatic heterocycles. The van der Waals surface area contributed by atoms with E-state index in [1.165, 1.54) is 38.5 Å². The van der Waals surface area contributed by atoms with Gasteiger partial charge in [0.2, 0.25) is 0 Å². The minimum Gasteiger partial charge on any atom is -0.550 e. The number of carbonyl (C=O) groups excluding carboxylic acids is 3. The molecule has 0 aliphatic carbocycles. The minimum absolute atomic E-state index is 0. The molecule has 0 rings (SSSR count). The fraction of sp³-hybridized carbons (Fsp3) is 0.773. The Morgan fingerprint density at radius 1 is 0.788 bits per heavy atom. The van der Waals surface area contributed by atoms with Gasteiger partial charge in [-0.3, -0.25) is 9.35 Å². The van der Waals surface area contributed by atoms with Crippen LogP contribution in [0, 0.1) is 0 Å². The number of rotatable bonds is 20. The van der Waals surface area contributed by atoms with Gasteiger partial charge in [-0.2, -0.15) is 8.42 Å². The number of carbonyl (C=O) groups is 3. The molecule has 0 aromatic carbocycles. The molecule has 33 heavy (non-hydrogen) atoms. The smallest absolute Gasteiger partial charge is 0.550 e. The van der Waals surface area contributed by atoms with Gasteiger partial charge in [-0.1, -0.05) is 70.4 Å². The zero-order chi connectivity index (χ0) is 23.8. The first-order valence-electron chi connectivity index (χ1n) is 11.2. The van der Waals surface area contributed by atoms with Crippen LogP contribution in [0.4, 0.5) is 0 Å². The largest absolute Gasteiger partial charge is 1.00 e. The summed E-state index contributed by atoms with van der Waals surface area (Å²) in [5.41, 5.74) is 0. The average Bonchev–Trinajstić information content (AvgIpc) is 2.67. The number of ketones is 1. The Hall–Kier alpha value is 0.260. The van der Waals surface area contributed by atoms with Crippen molar-refractivity contribution in [1.82, 2.24) is 0 Å². The Morgan fingerprint density at radius 2 is 1.21 bits per heavy atom. The topological polar surface area (TPSA) is 152 Å². The SMILES string of the molecule is CCCCCCCC/C=C\CCCCCCCC(=O)C(CC(=O)[O-])(C(=O)[O-])S(=O)(=O)O.[Na+].[Na+]. The second-order valence-electron chi connectivity index (χ2n) is 7.90. The van der Waals surface area contributed by atoms with E-state index in [-0.39, 0.29) is 65.5 Å². The quantitative estimate of drug-likeness (QED) is 0.0579. The normalized spacial score (nSPS) is 13.0. The molecule has 1 unspecified atom stereocenters. The summed E-state index contributed by atoms with van der Waals surface area (Å²) in [5, 5.41) is 22.0. The van der Waals surface area contributed by atoms with E-state index in [1.807, 2.05) is 0 Å². The van der Waals surface area contributed by atoms with Gasteiger partial charge in [-0.25, -0.2) is 0 Å². The third-order valence-corrected chi connectivity index (χ3v) is 6.70. The van der Waals surface area contributed by atoms with Crippen LogP contribution < -0.4 is 69.3 Å². The molecule has 1 N–H and O–H groups in total. The maximum absolute atomic E-state index is 12.2. The van der Waals surface area contributed by atoms with Crippen LogP contribution in [0.3, 0.4) is 0 Å². The zero-order valence-electron chi connectivity index (χ0n) is 20.5. The number of aliphatic carboxylic acids is 2. The van der Waals surface area contributed by atoms with Crippen molar-refractivity contribution in [2.75, 3.05) is 0 Å². The molecular weight excluding hydrogens is 470 g/mol. The van der Waals surface area contributed by atoms with E-state index < -0.39 is 45.4 Å². The first-order valence-corrected chi connectivity index (χ1v) is 12.6. The zero-order valence-corrected chi connectivity index (χ0v) is 25.3. The Balaban J connectivity index is -0.00000450. The number of unbranched alkanes of at least 4 members (excludes halogenated alkanes) is 11. The number of allylic oxidation sites excluding steroid dienone is 2. The number of Topliss-reactive ketones (excluding diaryl/α,β-unsaturated/α-hetero) is 1. The summed E-state index contributed by atoms with van der Waals surface area (Å²) in [6.07, 6.45) is 15.3. The maximum atomic E-state index is 12.2. The fourth-order valence-electron chi connectivity index (χ4n) is 3.39. The number of hydrogen-bond donors (Lipinski definition) is 1. The van der Waals surface area contributed by atoms with Gasteiger partial charge >= 0.3 is 59.1 Å². The Kier molecular flexibility index (Phi) is 24.7. The Morgan fingerprint density at radius 3 is 1.61 bits per heavy atom. The van der Waals surface area contributed by atoms with Gasteiger partial charge in [0.25, 0.3) is 10.1 Å². The molecule has 11 heteroatoms. The molecule has 0 heterocycles. The van der Waals surface area contributed by atoms with Crippen molar-refractivity contribution < 1.29 is 96.7 Å². The maximum Gasteiger partial charge on any atom is 1.00 e. The summed E-state index contributed by atoms with van der Waals surface area (Å²) in [6.45, 7) is 2.20. The summed E-state index contributed by atoms with van der Waals surface area (Å²) < 4.78 is 28.6. The van der Waals surface area contributed by atoms with Crippen molar-refractivity contribution in [2.24, 2.45) is 0 Å². The van der Waals surface area contributed by atoms with Gasteiger partial charge in [0.05, 0.1) is 5.97 Å². The molecule has 0 bridgehead atoms. The van der Waals surface area contributed by atoms with E-state index >= 15 is 0 Å². The van der Waals surface area contributed by atoms with Gasteiger partial charge in [0.15, 0.2) is 10.5 Å². The third-order valence-electron chi connectivity index (χ3n) is 5.28. The second-order valence-corrected chi connectivity index (χ2v) is 9.54. The summed E-state index contributed by atoms with van der Waals surface area (Å²) in [6, 6.07) is 0. The first kappa shape index (κ1) is 37.8. The van der Waals surface area contributed by atoms with Crippen LogP contribution in [0.1, 0.15) is 103 Å². The van der Waals surface area contributed by atoms with Gasteiger partial charge < -0.3 is 19.8 Å². The van der Waals surface area contributed by atoms with Crippen LogP contribution in [0.25, 0.3) is 0 Å². The van der Waals surface area contributed by atoms with Gasteiger partial charge in [0, 0.05) is 18.8 Å². The van der Waals surface area contributed by atoms with E-state index in [2.05, 4.69) is 19.1 Å². The van der Waals surface area contributed by atoms with Crippen molar-refractivity contribution in [3.8, 4) is 0 Å². The van der Waals surface area contributed by atoms with Crippen LogP contribution in [0.15, 0.2) is 12.2 Å². The third kappa shape index (κ3) is 15.8. The molecule has 0 aliphatic rings. The molecule has 0 aromatic heterocycles. The predicted octanol–water partition coefficient (Wildman–Crippen LogP) is -3.88. The van der Waals surface area contributed by atoms with Crippen LogP contribution in [-0.2, 0) is 24.5 Å². The summed E-state index contributed by atoms with van der Waals surface area (Å²) in [5.74, 6) is -5.95. The molecule has 0 radical (unpaired) electrons. The molecule has 0 saturated carbocycles. The molecule has 0 saturated heterocycles. The first-order chi connectivity index (χ1) is 14.6. The molecule has 0 fully saturated rings. The Bertz CT molecular complexity index is 695. The van der Waals surface area contributed by atoms with Crippen molar-refractivity contribution >= 4 is 27.8 Å². The van der Waals surface area contributed by atoms with Crippen molar-refractivity contribution in [1.29, 1.82) is 0 Å².